The molecule has 0 radical (unpaired) electrons. The van der Waals surface area contributed by atoms with Gasteiger partial charge in [0, 0.05) is 32.2 Å². The minimum absolute atomic E-state index is 0.0236. The first-order chi connectivity index (χ1) is 11.5. The van der Waals surface area contributed by atoms with Crippen molar-refractivity contribution in [3.63, 3.8) is 0 Å². The molecule has 1 saturated heterocycles. The highest BCUT2D eigenvalue weighted by atomic mass is 19.1. The number of hydrogen-bond donors (Lipinski definition) is 0. The summed E-state index contributed by atoms with van der Waals surface area (Å²) in [5, 5.41) is 3.87. The van der Waals surface area contributed by atoms with Crippen LogP contribution in [-0.4, -0.2) is 59.8 Å². The smallest absolute Gasteiger partial charge is 0.252 e. The molecule has 6 nitrogen and oxygen atoms in total. The number of ether oxygens (including phenoxy) is 1. The van der Waals surface area contributed by atoms with Crippen LogP contribution in [0.5, 0.6) is 0 Å². The summed E-state index contributed by atoms with van der Waals surface area (Å²) in [5.74, 6) is 0.691. The van der Waals surface area contributed by atoms with Crippen LogP contribution in [0.1, 0.15) is 30.7 Å². The zero-order valence-electron chi connectivity index (χ0n) is 14.2. The first-order valence-electron chi connectivity index (χ1n) is 8.39. The van der Waals surface area contributed by atoms with Gasteiger partial charge >= 0.3 is 0 Å². The second kappa shape index (κ2) is 7.34. The number of aromatic nitrogens is 1. The van der Waals surface area contributed by atoms with Crippen LogP contribution >= 0.6 is 0 Å². The molecule has 3 rings (SSSR count). The number of halogens is 1. The molecule has 2 aliphatic heterocycles. The molecule has 0 N–H and O–H groups in total. The largest absolute Gasteiger partial charge is 0.501 e. The summed E-state index contributed by atoms with van der Waals surface area (Å²) >= 11 is 0. The van der Waals surface area contributed by atoms with Crippen LogP contribution < -0.4 is 0 Å². The molecular formula is C17H24FN3O3. The van der Waals surface area contributed by atoms with Crippen molar-refractivity contribution in [2.75, 3.05) is 26.7 Å². The molecule has 0 unspecified atom stereocenters. The molecule has 7 heteroatoms. The molecule has 1 fully saturated rings. The average Bonchev–Trinajstić information content (AvgIpc) is 3.13. The van der Waals surface area contributed by atoms with Crippen LogP contribution in [0.3, 0.4) is 0 Å². The van der Waals surface area contributed by atoms with Crippen molar-refractivity contribution in [3.8, 4) is 0 Å². The minimum Gasteiger partial charge on any atom is -0.501 e. The molecule has 0 aliphatic carbocycles. The van der Waals surface area contributed by atoms with E-state index in [1.54, 1.807) is 18.2 Å². The van der Waals surface area contributed by atoms with Crippen LogP contribution in [0.2, 0.25) is 0 Å². The van der Waals surface area contributed by atoms with Gasteiger partial charge in [0.2, 0.25) is 0 Å². The highest BCUT2D eigenvalue weighted by molar-refractivity contribution is 5.93. The van der Waals surface area contributed by atoms with Gasteiger partial charge in [-0.25, -0.2) is 4.39 Å². The predicted molar refractivity (Wildman–Crippen MR) is 85.9 cm³/mol. The van der Waals surface area contributed by atoms with Crippen molar-refractivity contribution >= 4 is 5.91 Å². The van der Waals surface area contributed by atoms with Gasteiger partial charge in [0.1, 0.15) is 6.17 Å². The molecule has 3 heterocycles. The SMILES string of the molecule is Cc1cc(CN2C[C@@H](F)C[C@H]2CN(C)C(=O)C2=COCCC2)on1. The van der Waals surface area contributed by atoms with Gasteiger partial charge in [-0.1, -0.05) is 5.16 Å². The van der Waals surface area contributed by atoms with E-state index in [1.807, 2.05) is 17.9 Å². The molecular weight excluding hydrogens is 313 g/mol. The van der Waals surface area contributed by atoms with Crippen molar-refractivity contribution in [1.82, 2.24) is 15.0 Å². The number of carbonyl (C=O) groups is 1. The summed E-state index contributed by atoms with van der Waals surface area (Å²) in [6, 6.07) is 1.84. The Bertz CT molecular complexity index is 616. The van der Waals surface area contributed by atoms with E-state index in [0.717, 1.165) is 24.3 Å². The Morgan fingerprint density at radius 3 is 3.04 bits per heavy atom. The van der Waals surface area contributed by atoms with Crippen LogP contribution in [0, 0.1) is 6.92 Å². The maximum absolute atomic E-state index is 13.9. The Kier molecular flexibility index (Phi) is 5.18. The lowest BCUT2D eigenvalue weighted by atomic mass is 10.1. The summed E-state index contributed by atoms with van der Waals surface area (Å²) in [6.07, 6.45) is 2.71. The third-order valence-corrected chi connectivity index (χ3v) is 4.55. The molecule has 132 valence electrons. The molecule has 24 heavy (non-hydrogen) atoms. The number of alkyl halides is 1. The van der Waals surface area contributed by atoms with Gasteiger partial charge in [0.05, 0.1) is 30.7 Å². The summed E-state index contributed by atoms with van der Waals surface area (Å²) in [5.41, 5.74) is 1.50. The predicted octanol–water partition coefficient (Wildman–Crippen LogP) is 2.05. The minimum atomic E-state index is -0.875. The van der Waals surface area contributed by atoms with Crippen LogP contribution in [0.15, 0.2) is 22.4 Å². The molecule has 1 aromatic rings. The Hall–Kier alpha value is -1.89. The fourth-order valence-corrected chi connectivity index (χ4v) is 3.36. The molecule has 0 bridgehead atoms. The van der Waals surface area contributed by atoms with E-state index >= 15 is 0 Å². The Morgan fingerprint density at radius 1 is 1.54 bits per heavy atom. The standard InChI is InChI=1S/C17H24FN3O3/c1-12-6-16(24-19-12)10-21-8-14(18)7-15(21)9-20(2)17(22)13-4-3-5-23-11-13/h6,11,14-15H,3-5,7-10H2,1-2H3/t14-,15-/m0/s1. The maximum atomic E-state index is 13.9. The van der Waals surface area contributed by atoms with Crippen LogP contribution in [-0.2, 0) is 16.1 Å². The van der Waals surface area contributed by atoms with Crippen molar-refractivity contribution in [2.24, 2.45) is 0 Å². The first kappa shape index (κ1) is 17.0. The third kappa shape index (κ3) is 3.95. The fourth-order valence-electron chi connectivity index (χ4n) is 3.36. The van der Waals surface area contributed by atoms with Gasteiger partial charge in [-0.3, -0.25) is 9.69 Å². The maximum Gasteiger partial charge on any atom is 0.252 e. The summed E-state index contributed by atoms with van der Waals surface area (Å²) < 4.78 is 24.4. The fraction of sp³-hybridized carbons (Fsp3) is 0.647. The number of hydrogen-bond acceptors (Lipinski definition) is 5. The second-order valence-corrected chi connectivity index (χ2v) is 6.65. The number of nitrogens with zero attached hydrogens (tertiary/aromatic N) is 3. The zero-order chi connectivity index (χ0) is 17.1. The highest BCUT2D eigenvalue weighted by Crippen LogP contribution is 2.24. The topological polar surface area (TPSA) is 58.8 Å². The van der Waals surface area contributed by atoms with Gasteiger partial charge in [-0.05, 0) is 26.2 Å². The van der Waals surface area contributed by atoms with E-state index < -0.39 is 6.17 Å². The van der Waals surface area contributed by atoms with E-state index in [4.69, 9.17) is 9.26 Å². The normalized spacial score (nSPS) is 24.5. The van der Waals surface area contributed by atoms with Gasteiger partial charge in [0.25, 0.3) is 5.91 Å². The lowest BCUT2D eigenvalue weighted by Gasteiger charge is -2.28. The quantitative estimate of drug-likeness (QED) is 0.823. The van der Waals surface area contributed by atoms with Gasteiger partial charge in [-0.2, -0.15) is 0 Å². The van der Waals surface area contributed by atoms with Gasteiger partial charge < -0.3 is 14.2 Å². The lowest BCUT2D eigenvalue weighted by molar-refractivity contribution is -0.127. The van der Waals surface area contributed by atoms with Crippen LogP contribution in [0.25, 0.3) is 0 Å². The number of likely N-dealkylation sites (N-methyl/N-ethyl adjacent to an activating group) is 1. The van der Waals surface area contributed by atoms with Crippen molar-refractivity contribution in [3.05, 3.63) is 29.4 Å². The number of likely N-dealkylation sites (tertiary alicyclic amines) is 1. The van der Waals surface area contributed by atoms with E-state index in [9.17, 15) is 9.18 Å². The number of carbonyl (C=O) groups excluding carboxylic acids is 1. The Balaban J connectivity index is 1.61. The van der Waals surface area contributed by atoms with E-state index in [1.165, 1.54) is 0 Å². The van der Waals surface area contributed by atoms with Gasteiger partial charge in [-0.15, -0.1) is 0 Å². The molecule has 1 amide bonds. The molecule has 1 aromatic heterocycles. The highest BCUT2D eigenvalue weighted by Gasteiger charge is 2.34. The van der Waals surface area contributed by atoms with E-state index in [0.29, 0.717) is 38.2 Å². The number of amides is 1. The summed E-state index contributed by atoms with van der Waals surface area (Å²) in [4.78, 5) is 16.2. The zero-order valence-corrected chi connectivity index (χ0v) is 14.2. The summed E-state index contributed by atoms with van der Waals surface area (Å²) in [7, 11) is 1.76. The lowest BCUT2D eigenvalue weighted by Crippen LogP contribution is -2.41. The molecule has 0 aromatic carbocycles. The molecule has 0 saturated carbocycles. The van der Waals surface area contributed by atoms with Crippen molar-refractivity contribution in [2.45, 2.75) is 44.9 Å². The summed E-state index contributed by atoms with van der Waals surface area (Å²) in [6.45, 7) is 3.89. The third-order valence-electron chi connectivity index (χ3n) is 4.55. The first-order valence-corrected chi connectivity index (χ1v) is 8.39. The molecule has 2 aliphatic rings. The molecule has 2 atom stereocenters. The monoisotopic (exact) mass is 337 g/mol. The van der Waals surface area contributed by atoms with Gasteiger partial charge in [0.15, 0.2) is 5.76 Å². The van der Waals surface area contributed by atoms with Crippen molar-refractivity contribution in [1.29, 1.82) is 0 Å². The van der Waals surface area contributed by atoms with E-state index in [2.05, 4.69) is 5.16 Å². The number of rotatable bonds is 5. The van der Waals surface area contributed by atoms with Crippen LogP contribution in [0.4, 0.5) is 4.39 Å². The number of aryl methyl sites for hydroxylation is 1. The second-order valence-electron chi connectivity index (χ2n) is 6.65. The van der Waals surface area contributed by atoms with Crippen molar-refractivity contribution < 1.29 is 18.4 Å². The van der Waals surface area contributed by atoms with E-state index in [-0.39, 0.29) is 11.9 Å². The Morgan fingerprint density at radius 2 is 2.38 bits per heavy atom. The average molecular weight is 337 g/mol. The Labute approximate surface area is 141 Å². The molecule has 0 spiro atoms.